The molecule has 0 radical (unpaired) electrons. The van der Waals surface area contributed by atoms with E-state index in [0.717, 1.165) is 0 Å². The summed E-state index contributed by atoms with van der Waals surface area (Å²) in [7, 11) is 0. The van der Waals surface area contributed by atoms with Crippen LogP contribution in [0.15, 0.2) is 42.7 Å². The minimum atomic E-state index is -4.73. The number of aromatic nitrogens is 2. The van der Waals surface area contributed by atoms with Crippen molar-refractivity contribution in [3.05, 3.63) is 48.3 Å². The van der Waals surface area contributed by atoms with Gasteiger partial charge in [-0.25, -0.2) is 9.97 Å². The summed E-state index contributed by atoms with van der Waals surface area (Å²) in [6.45, 7) is 0.820. The maximum atomic E-state index is 12.0. The van der Waals surface area contributed by atoms with E-state index in [1.165, 1.54) is 24.3 Å². The molecule has 0 aliphatic carbocycles. The number of amides is 1. The molecular weight excluding hydrogens is 325 g/mol. The molecule has 0 saturated heterocycles. The molecule has 2 N–H and O–H groups in total. The van der Waals surface area contributed by atoms with E-state index in [1.807, 2.05) is 0 Å². The van der Waals surface area contributed by atoms with Gasteiger partial charge in [-0.15, -0.1) is 13.2 Å². The number of ether oxygens (including phenoxy) is 1. The second kappa shape index (κ2) is 8.14. The highest BCUT2D eigenvalue weighted by molar-refractivity contribution is 5.78. The zero-order valence-corrected chi connectivity index (χ0v) is 12.5. The third kappa shape index (κ3) is 6.51. The van der Waals surface area contributed by atoms with Crippen LogP contribution in [-0.4, -0.2) is 35.3 Å². The molecule has 0 atom stereocenters. The first-order valence-electron chi connectivity index (χ1n) is 7.05. The van der Waals surface area contributed by atoms with E-state index in [2.05, 4.69) is 25.3 Å². The topological polar surface area (TPSA) is 76.1 Å². The Balaban J connectivity index is 1.70. The van der Waals surface area contributed by atoms with Gasteiger partial charge in [0, 0.05) is 25.5 Å². The lowest BCUT2D eigenvalue weighted by Crippen LogP contribution is -2.30. The standard InChI is InChI=1S/C15H15F3N4O2/c16-15(17,18)24-12-4-2-11(3-5-12)10-13(23)19-8-9-22-14-20-6-1-7-21-14/h1-7H,8-10H2,(H,19,23)(H,20,21,22). The quantitative estimate of drug-likeness (QED) is 0.756. The van der Waals surface area contributed by atoms with Gasteiger partial charge in [-0.1, -0.05) is 12.1 Å². The van der Waals surface area contributed by atoms with E-state index in [1.54, 1.807) is 18.5 Å². The Morgan fingerprint density at radius 3 is 2.38 bits per heavy atom. The van der Waals surface area contributed by atoms with Gasteiger partial charge in [0.1, 0.15) is 5.75 Å². The highest BCUT2D eigenvalue weighted by atomic mass is 19.4. The second-order valence-corrected chi connectivity index (χ2v) is 4.72. The average molecular weight is 340 g/mol. The van der Waals surface area contributed by atoms with Crippen LogP contribution in [0.2, 0.25) is 0 Å². The highest BCUT2D eigenvalue weighted by Gasteiger charge is 2.30. The van der Waals surface area contributed by atoms with E-state index in [-0.39, 0.29) is 18.1 Å². The molecule has 128 valence electrons. The number of carbonyl (C=O) groups excluding carboxylic acids is 1. The van der Waals surface area contributed by atoms with Crippen molar-refractivity contribution in [2.75, 3.05) is 18.4 Å². The normalized spacial score (nSPS) is 11.0. The fraction of sp³-hybridized carbons (Fsp3) is 0.267. The number of rotatable bonds is 7. The molecule has 1 aromatic heterocycles. The Hall–Kier alpha value is -2.84. The van der Waals surface area contributed by atoms with Gasteiger partial charge in [0.2, 0.25) is 11.9 Å². The van der Waals surface area contributed by atoms with Crippen LogP contribution in [0.5, 0.6) is 5.75 Å². The molecule has 0 aliphatic heterocycles. The van der Waals surface area contributed by atoms with Crippen molar-refractivity contribution >= 4 is 11.9 Å². The third-order valence-electron chi connectivity index (χ3n) is 2.82. The van der Waals surface area contributed by atoms with E-state index < -0.39 is 6.36 Å². The van der Waals surface area contributed by atoms with Crippen LogP contribution in [0.3, 0.4) is 0 Å². The summed E-state index contributed by atoms with van der Waals surface area (Å²) in [6.07, 6.45) is -1.47. The monoisotopic (exact) mass is 340 g/mol. The molecule has 0 spiro atoms. The van der Waals surface area contributed by atoms with Crippen molar-refractivity contribution in [2.24, 2.45) is 0 Å². The zero-order valence-electron chi connectivity index (χ0n) is 12.5. The van der Waals surface area contributed by atoms with E-state index in [4.69, 9.17) is 0 Å². The molecule has 0 fully saturated rings. The molecule has 1 aromatic carbocycles. The molecule has 24 heavy (non-hydrogen) atoms. The van der Waals surface area contributed by atoms with E-state index >= 15 is 0 Å². The number of alkyl halides is 3. The van der Waals surface area contributed by atoms with Gasteiger partial charge in [-0.3, -0.25) is 4.79 Å². The summed E-state index contributed by atoms with van der Waals surface area (Å²) in [4.78, 5) is 19.7. The first kappa shape index (κ1) is 17.5. The number of nitrogens with zero attached hydrogens (tertiary/aromatic N) is 2. The predicted octanol–water partition coefficient (Wildman–Crippen LogP) is 2.15. The summed E-state index contributed by atoms with van der Waals surface area (Å²) < 4.78 is 39.9. The number of hydrogen-bond donors (Lipinski definition) is 2. The first-order chi connectivity index (χ1) is 11.4. The van der Waals surface area contributed by atoms with Crippen molar-refractivity contribution < 1.29 is 22.7 Å². The van der Waals surface area contributed by atoms with Crippen LogP contribution in [0, 0.1) is 0 Å². The Kier molecular flexibility index (Phi) is 5.94. The molecule has 1 heterocycles. The lowest BCUT2D eigenvalue weighted by Gasteiger charge is -2.09. The third-order valence-corrected chi connectivity index (χ3v) is 2.82. The largest absolute Gasteiger partial charge is 0.573 e. The average Bonchev–Trinajstić information content (AvgIpc) is 2.53. The molecule has 0 aliphatic rings. The van der Waals surface area contributed by atoms with Gasteiger partial charge < -0.3 is 15.4 Å². The number of benzene rings is 1. The zero-order chi connectivity index (χ0) is 17.4. The smallest absolute Gasteiger partial charge is 0.406 e. The van der Waals surface area contributed by atoms with Gasteiger partial charge in [0.25, 0.3) is 0 Å². The Bertz CT molecular complexity index is 648. The highest BCUT2D eigenvalue weighted by Crippen LogP contribution is 2.22. The molecule has 1 amide bonds. The molecule has 9 heteroatoms. The Labute approximate surface area is 136 Å². The molecule has 0 unspecified atom stereocenters. The van der Waals surface area contributed by atoms with Gasteiger partial charge in [0.05, 0.1) is 6.42 Å². The molecule has 0 saturated carbocycles. The summed E-state index contributed by atoms with van der Waals surface area (Å²) in [5, 5.41) is 5.62. The van der Waals surface area contributed by atoms with Crippen molar-refractivity contribution in [3.8, 4) is 5.75 Å². The van der Waals surface area contributed by atoms with Crippen LogP contribution in [-0.2, 0) is 11.2 Å². The van der Waals surface area contributed by atoms with Crippen molar-refractivity contribution in [1.82, 2.24) is 15.3 Å². The lowest BCUT2D eigenvalue weighted by molar-refractivity contribution is -0.274. The number of anilines is 1. The summed E-state index contributed by atoms with van der Waals surface area (Å²) in [5.41, 5.74) is 0.585. The molecule has 2 aromatic rings. The van der Waals surface area contributed by atoms with E-state index in [9.17, 15) is 18.0 Å². The van der Waals surface area contributed by atoms with Gasteiger partial charge in [-0.05, 0) is 23.8 Å². The molecule has 2 rings (SSSR count). The van der Waals surface area contributed by atoms with Crippen molar-refractivity contribution in [3.63, 3.8) is 0 Å². The fourth-order valence-corrected chi connectivity index (χ4v) is 1.82. The van der Waals surface area contributed by atoms with Crippen molar-refractivity contribution in [1.29, 1.82) is 0 Å². The van der Waals surface area contributed by atoms with Crippen molar-refractivity contribution in [2.45, 2.75) is 12.8 Å². The van der Waals surface area contributed by atoms with E-state index in [0.29, 0.717) is 24.6 Å². The summed E-state index contributed by atoms with van der Waals surface area (Å²) in [5.74, 6) is -0.0963. The lowest BCUT2D eigenvalue weighted by atomic mass is 10.1. The van der Waals surface area contributed by atoms with Gasteiger partial charge >= 0.3 is 6.36 Å². The number of halogens is 3. The van der Waals surface area contributed by atoms with Gasteiger partial charge in [-0.2, -0.15) is 0 Å². The molecule has 0 bridgehead atoms. The van der Waals surface area contributed by atoms with Crippen LogP contribution in [0.25, 0.3) is 0 Å². The number of hydrogen-bond acceptors (Lipinski definition) is 5. The maximum Gasteiger partial charge on any atom is 0.573 e. The number of nitrogens with one attached hydrogen (secondary N) is 2. The Morgan fingerprint density at radius 2 is 1.75 bits per heavy atom. The predicted molar refractivity (Wildman–Crippen MR) is 80.4 cm³/mol. The van der Waals surface area contributed by atoms with Gasteiger partial charge in [0.15, 0.2) is 0 Å². The fourth-order valence-electron chi connectivity index (χ4n) is 1.82. The number of carbonyl (C=O) groups is 1. The Morgan fingerprint density at radius 1 is 1.08 bits per heavy atom. The maximum absolute atomic E-state index is 12.0. The van der Waals surface area contributed by atoms with Crippen LogP contribution >= 0.6 is 0 Å². The van der Waals surface area contributed by atoms with Crippen LogP contribution < -0.4 is 15.4 Å². The minimum Gasteiger partial charge on any atom is -0.406 e. The SMILES string of the molecule is O=C(Cc1ccc(OC(F)(F)F)cc1)NCCNc1ncccn1. The molecule has 6 nitrogen and oxygen atoms in total. The minimum absolute atomic E-state index is 0.0636. The molecular formula is C15H15F3N4O2. The van der Waals surface area contributed by atoms with Crippen LogP contribution in [0.4, 0.5) is 19.1 Å². The van der Waals surface area contributed by atoms with Crippen LogP contribution in [0.1, 0.15) is 5.56 Å². The summed E-state index contributed by atoms with van der Waals surface area (Å²) >= 11 is 0. The second-order valence-electron chi connectivity index (χ2n) is 4.72. The summed E-state index contributed by atoms with van der Waals surface area (Å²) in [6, 6.07) is 6.86. The first-order valence-corrected chi connectivity index (χ1v) is 7.05.